The molecule has 3 rings (SSSR count). The molecule has 1 aromatic carbocycles. The molecule has 2 saturated carbocycles. The molecule has 148 valence electrons. The summed E-state index contributed by atoms with van der Waals surface area (Å²) >= 11 is 0. The third-order valence-electron chi connectivity index (χ3n) is 6.20. The highest BCUT2D eigenvalue weighted by atomic mass is 16.2. The Morgan fingerprint density at radius 2 is 2.00 bits per heavy atom. The van der Waals surface area contributed by atoms with Crippen molar-refractivity contribution in [3.05, 3.63) is 35.4 Å². The van der Waals surface area contributed by atoms with Gasteiger partial charge >= 0.3 is 0 Å². The number of guanidine groups is 1. The van der Waals surface area contributed by atoms with Crippen LogP contribution in [0.5, 0.6) is 0 Å². The number of nitrogens with zero attached hydrogens (tertiary/aromatic N) is 2. The molecule has 5 heteroatoms. The monoisotopic (exact) mass is 370 g/mol. The second-order valence-corrected chi connectivity index (χ2v) is 8.30. The smallest absolute Gasteiger partial charge is 0.253 e. The first-order chi connectivity index (χ1) is 13.1. The van der Waals surface area contributed by atoms with Crippen molar-refractivity contribution in [3.8, 4) is 0 Å². The Kier molecular flexibility index (Phi) is 6.75. The van der Waals surface area contributed by atoms with Crippen molar-refractivity contribution in [1.29, 1.82) is 0 Å². The summed E-state index contributed by atoms with van der Waals surface area (Å²) in [6.45, 7) is 1.80. The van der Waals surface area contributed by atoms with Crippen LogP contribution in [0.2, 0.25) is 0 Å². The highest BCUT2D eigenvalue weighted by Gasteiger charge is 2.38. The molecule has 0 radical (unpaired) electrons. The average Bonchev–Trinajstić information content (AvgIpc) is 3.29. The molecule has 0 aliphatic heterocycles. The van der Waals surface area contributed by atoms with Gasteiger partial charge in [-0.3, -0.25) is 9.79 Å². The minimum atomic E-state index is 0.0444. The molecule has 1 amide bonds. The first kappa shape index (κ1) is 19.7. The SMILES string of the molecule is CN=C(NCCc1cccc(C(=O)N(C)C)c1)NCCC1CC2CCC1C2. The van der Waals surface area contributed by atoms with Crippen molar-refractivity contribution in [2.45, 2.75) is 38.5 Å². The van der Waals surface area contributed by atoms with Crippen LogP contribution in [0.1, 0.15) is 48.0 Å². The summed E-state index contributed by atoms with van der Waals surface area (Å²) in [5.41, 5.74) is 1.90. The predicted molar refractivity (Wildman–Crippen MR) is 111 cm³/mol. The van der Waals surface area contributed by atoms with Crippen LogP contribution in [0.15, 0.2) is 29.3 Å². The molecule has 2 fully saturated rings. The summed E-state index contributed by atoms with van der Waals surface area (Å²) in [7, 11) is 5.38. The molecule has 2 bridgehead atoms. The lowest BCUT2D eigenvalue weighted by atomic mass is 9.86. The van der Waals surface area contributed by atoms with E-state index in [2.05, 4.69) is 21.7 Å². The van der Waals surface area contributed by atoms with E-state index in [-0.39, 0.29) is 5.91 Å². The maximum atomic E-state index is 12.1. The van der Waals surface area contributed by atoms with Gasteiger partial charge < -0.3 is 15.5 Å². The number of carbonyl (C=O) groups is 1. The summed E-state index contributed by atoms with van der Waals surface area (Å²) in [6, 6.07) is 7.87. The first-order valence-electron chi connectivity index (χ1n) is 10.3. The minimum absolute atomic E-state index is 0.0444. The Morgan fingerprint density at radius 3 is 2.67 bits per heavy atom. The molecule has 0 aromatic heterocycles. The normalized spacial score (nSPS) is 24.1. The molecular formula is C22H34N4O. The van der Waals surface area contributed by atoms with Crippen molar-refractivity contribution < 1.29 is 4.79 Å². The molecule has 27 heavy (non-hydrogen) atoms. The lowest BCUT2D eigenvalue weighted by molar-refractivity contribution is 0.0827. The van der Waals surface area contributed by atoms with Gasteiger partial charge in [0.2, 0.25) is 0 Å². The Morgan fingerprint density at radius 1 is 1.19 bits per heavy atom. The molecule has 2 N–H and O–H groups in total. The van der Waals surface area contributed by atoms with Gasteiger partial charge in [0.1, 0.15) is 0 Å². The average molecular weight is 371 g/mol. The van der Waals surface area contributed by atoms with E-state index in [1.54, 1.807) is 19.0 Å². The second kappa shape index (κ2) is 9.25. The largest absolute Gasteiger partial charge is 0.356 e. The van der Waals surface area contributed by atoms with E-state index in [1.165, 1.54) is 32.1 Å². The molecule has 1 aromatic rings. The van der Waals surface area contributed by atoms with E-state index in [1.807, 2.05) is 25.2 Å². The second-order valence-electron chi connectivity index (χ2n) is 8.30. The van der Waals surface area contributed by atoms with Gasteiger partial charge in [-0.15, -0.1) is 0 Å². The molecule has 0 heterocycles. The predicted octanol–water partition coefficient (Wildman–Crippen LogP) is 2.92. The minimum Gasteiger partial charge on any atom is -0.356 e. The van der Waals surface area contributed by atoms with E-state index in [0.717, 1.165) is 54.4 Å². The van der Waals surface area contributed by atoms with Gasteiger partial charge in [-0.05, 0) is 67.6 Å². The Labute approximate surface area is 163 Å². The summed E-state index contributed by atoms with van der Waals surface area (Å²) in [6.07, 6.45) is 7.97. The number of amides is 1. The maximum Gasteiger partial charge on any atom is 0.253 e. The van der Waals surface area contributed by atoms with Gasteiger partial charge in [0.15, 0.2) is 5.96 Å². The van der Waals surface area contributed by atoms with Crippen molar-refractivity contribution in [2.75, 3.05) is 34.2 Å². The van der Waals surface area contributed by atoms with Gasteiger partial charge in [0.25, 0.3) is 5.91 Å². The van der Waals surface area contributed by atoms with Crippen LogP contribution in [0, 0.1) is 17.8 Å². The van der Waals surface area contributed by atoms with Gasteiger partial charge in [0.05, 0.1) is 0 Å². The van der Waals surface area contributed by atoms with Crippen LogP contribution in [-0.2, 0) is 6.42 Å². The van der Waals surface area contributed by atoms with Crippen LogP contribution in [0.25, 0.3) is 0 Å². The van der Waals surface area contributed by atoms with Crippen LogP contribution in [0.3, 0.4) is 0 Å². The van der Waals surface area contributed by atoms with E-state index < -0.39 is 0 Å². The Hall–Kier alpha value is -2.04. The van der Waals surface area contributed by atoms with Crippen molar-refractivity contribution in [1.82, 2.24) is 15.5 Å². The molecule has 0 saturated heterocycles. The number of aliphatic imine (C=N–C) groups is 1. The standard InChI is InChI=1S/C22H34N4O/c1-23-22(25-12-10-19-15-17-7-8-18(19)14-17)24-11-9-16-5-4-6-20(13-16)21(27)26(2)3/h4-6,13,17-19H,7-12,14-15H2,1-3H3,(H2,23,24,25). The maximum absolute atomic E-state index is 12.1. The molecule has 3 atom stereocenters. The Balaban J connectivity index is 1.38. The molecular weight excluding hydrogens is 336 g/mol. The molecule has 5 nitrogen and oxygen atoms in total. The van der Waals surface area contributed by atoms with Gasteiger partial charge in [-0.2, -0.15) is 0 Å². The summed E-state index contributed by atoms with van der Waals surface area (Å²) in [5.74, 6) is 3.85. The Bertz CT molecular complexity index is 670. The molecule has 2 aliphatic rings. The topological polar surface area (TPSA) is 56.7 Å². The third kappa shape index (κ3) is 5.24. The number of carbonyl (C=O) groups excluding carboxylic acids is 1. The van der Waals surface area contributed by atoms with Gasteiger partial charge in [0, 0.05) is 39.8 Å². The summed E-state index contributed by atoms with van der Waals surface area (Å²) in [4.78, 5) is 18.0. The highest BCUT2D eigenvalue weighted by molar-refractivity contribution is 5.94. The third-order valence-corrected chi connectivity index (χ3v) is 6.20. The van der Waals surface area contributed by atoms with E-state index >= 15 is 0 Å². The van der Waals surface area contributed by atoms with Gasteiger partial charge in [-0.1, -0.05) is 18.6 Å². The van der Waals surface area contributed by atoms with Crippen LogP contribution in [0.4, 0.5) is 0 Å². The number of benzene rings is 1. The van der Waals surface area contributed by atoms with Crippen molar-refractivity contribution >= 4 is 11.9 Å². The molecule has 3 unspecified atom stereocenters. The zero-order valence-corrected chi connectivity index (χ0v) is 17.0. The fourth-order valence-electron chi connectivity index (χ4n) is 4.77. The van der Waals surface area contributed by atoms with E-state index in [0.29, 0.717) is 0 Å². The summed E-state index contributed by atoms with van der Waals surface area (Å²) < 4.78 is 0. The number of hydrogen-bond acceptors (Lipinski definition) is 2. The van der Waals surface area contributed by atoms with Crippen molar-refractivity contribution in [3.63, 3.8) is 0 Å². The zero-order valence-electron chi connectivity index (χ0n) is 17.0. The number of nitrogens with one attached hydrogen (secondary N) is 2. The van der Waals surface area contributed by atoms with Crippen LogP contribution >= 0.6 is 0 Å². The molecule has 0 spiro atoms. The fourth-order valence-corrected chi connectivity index (χ4v) is 4.77. The van der Waals surface area contributed by atoms with Gasteiger partial charge in [-0.25, -0.2) is 0 Å². The van der Waals surface area contributed by atoms with Crippen LogP contribution < -0.4 is 10.6 Å². The lowest BCUT2D eigenvalue weighted by Gasteiger charge is -2.22. The lowest BCUT2D eigenvalue weighted by Crippen LogP contribution is -2.39. The van der Waals surface area contributed by atoms with E-state index in [4.69, 9.17) is 0 Å². The van der Waals surface area contributed by atoms with Crippen LogP contribution in [-0.4, -0.2) is 51.0 Å². The van der Waals surface area contributed by atoms with E-state index in [9.17, 15) is 4.79 Å². The number of fused-ring (bicyclic) bond motifs is 2. The first-order valence-corrected chi connectivity index (χ1v) is 10.3. The number of hydrogen-bond donors (Lipinski definition) is 2. The fraction of sp³-hybridized carbons (Fsp3) is 0.636. The quantitative estimate of drug-likeness (QED) is 0.573. The molecule has 2 aliphatic carbocycles. The number of rotatable bonds is 7. The zero-order chi connectivity index (χ0) is 19.2. The summed E-state index contributed by atoms with van der Waals surface area (Å²) in [5, 5.41) is 6.86. The van der Waals surface area contributed by atoms with Crippen molar-refractivity contribution in [2.24, 2.45) is 22.7 Å². The highest BCUT2D eigenvalue weighted by Crippen LogP contribution is 2.49.